The van der Waals surface area contributed by atoms with Gasteiger partial charge in [-0.1, -0.05) is 18.2 Å². The molecule has 1 fully saturated rings. The molecule has 4 rings (SSSR count). The minimum atomic E-state index is -0.0346. The van der Waals surface area contributed by atoms with E-state index in [1.165, 1.54) is 0 Å². The lowest BCUT2D eigenvalue weighted by molar-refractivity contribution is -0.118. The molecule has 1 N–H and O–H groups in total. The lowest BCUT2D eigenvalue weighted by atomic mass is 9.83. The second-order valence-corrected chi connectivity index (χ2v) is 7.37. The average Bonchev–Trinajstić information content (AvgIpc) is 2.64. The van der Waals surface area contributed by atoms with Gasteiger partial charge in [0.25, 0.3) is 5.56 Å². The summed E-state index contributed by atoms with van der Waals surface area (Å²) in [6.45, 7) is 5.23. The zero-order valence-corrected chi connectivity index (χ0v) is 15.6. The Hall–Kier alpha value is -2.60. The molecule has 1 saturated heterocycles. The van der Waals surface area contributed by atoms with Crippen molar-refractivity contribution in [2.45, 2.75) is 25.8 Å². The third-order valence-corrected chi connectivity index (χ3v) is 5.38. The van der Waals surface area contributed by atoms with Crippen LogP contribution in [-0.2, 0) is 11.3 Å². The van der Waals surface area contributed by atoms with Gasteiger partial charge in [-0.25, -0.2) is 0 Å². The molecule has 3 heterocycles. The number of nitrogens with one attached hydrogen (secondary N) is 1. The molecule has 0 saturated carbocycles. The van der Waals surface area contributed by atoms with Crippen LogP contribution in [0.15, 0.2) is 47.3 Å². The molecule has 2 aliphatic rings. The molecule has 1 aromatic heterocycles. The first-order chi connectivity index (χ1) is 13.1. The highest BCUT2D eigenvalue weighted by Crippen LogP contribution is 2.34. The zero-order chi connectivity index (χ0) is 18.8. The molecule has 6 heteroatoms. The first-order valence-corrected chi connectivity index (χ1v) is 9.58. The highest BCUT2D eigenvalue weighted by Gasteiger charge is 2.34. The van der Waals surface area contributed by atoms with Gasteiger partial charge in [-0.15, -0.1) is 0 Å². The van der Waals surface area contributed by atoms with Gasteiger partial charge in [-0.05, 0) is 37.5 Å². The predicted octanol–water partition coefficient (Wildman–Crippen LogP) is 2.30. The fourth-order valence-corrected chi connectivity index (χ4v) is 4.37. The number of amides is 1. The van der Waals surface area contributed by atoms with Crippen LogP contribution in [0.4, 0.5) is 5.69 Å². The van der Waals surface area contributed by atoms with Crippen molar-refractivity contribution in [3.8, 4) is 5.75 Å². The largest absolute Gasteiger partial charge is 0.492 e. The van der Waals surface area contributed by atoms with Crippen molar-refractivity contribution in [3.63, 3.8) is 0 Å². The maximum absolute atomic E-state index is 12.6. The summed E-state index contributed by atoms with van der Waals surface area (Å²) in [4.78, 5) is 26.9. The number of hydrogen-bond donors (Lipinski definition) is 1. The van der Waals surface area contributed by atoms with Crippen LogP contribution >= 0.6 is 0 Å². The van der Waals surface area contributed by atoms with Crippen molar-refractivity contribution >= 4 is 11.6 Å². The summed E-state index contributed by atoms with van der Waals surface area (Å²) in [5.74, 6) is 1.39. The third kappa shape index (κ3) is 3.76. The maximum Gasteiger partial charge on any atom is 0.250 e. The topological polar surface area (TPSA) is 63.6 Å². The van der Waals surface area contributed by atoms with Crippen molar-refractivity contribution in [1.82, 2.24) is 9.47 Å². The highest BCUT2D eigenvalue weighted by molar-refractivity contribution is 5.93. The number of ether oxygens (including phenoxy) is 1. The van der Waals surface area contributed by atoms with Crippen LogP contribution in [0.5, 0.6) is 5.75 Å². The fourth-order valence-electron chi connectivity index (χ4n) is 4.37. The maximum atomic E-state index is 12.6. The third-order valence-electron chi connectivity index (χ3n) is 5.38. The number of carbonyl (C=O) groups excluding carboxylic acids is 1. The van der Waals surface area contributed by atoms with Gasteiger partial charge in [-0.3, -0.25) is 14.5 Å². The van der Waals surface area contributed by atoms with Crippen LogP contribution in [0.1, 0.15) is 25.0 Å². The number of carbonyl (C=O) groups is 1. The minimum Gasteiger partial charge on any atom is -0.492 e. The molecule has 142 valence electrons. The van der Waals surface area contributed by atoms with E-state index in [4.69, 9.17) is 4.74 Å². The number of anilines is 1. The van der Waals surface area contributed by atoms with E-state index in [0.717, 1.165) is 31.7 Å². The van der Waals surface area contributed by atoms with Crippen molar-refractivity contribution in [2.24, 2.45) is 5.92 Å². The van der Waals surface area contributed by atoms with E-state index in [2.05, 4.69) is 10.2 Å². The Labute approximate surface area is 158 Å². The van der Waals surface area contributed by atoms with E-state index in [1.807, 2.05) is 47.9 Å². The van der Waals surface area contributed by atoms with Crippen LogP contribution < -0.4 is 15.6 Å². The summed E-state index contributed by atoms with van der Waals surface area (Å²) in [7, 11) is 0. The predicted molar refractivity (Wildman–Crippen MR) is 104 cm³/mol. The number of piperidine rings is 1. The molecule has 2 aliphatic heterocycles. The van der Waals surface area contributed by atoms with Crippen molar-refractivity contribution in [3.05, 3.63) is 58.5 Å². The molecule has 1 amide bonds. The molecule has 6 nitrogen and oxygen atoms in total. The summed E-state index contributed by atoms with van der Waals surface area (Å²) in [6.07, 6.45) is 1.09. The molecule has 1 aromatic carbocycles. The molecule has 0 spiro atoms. The second-order valence-electron chi connectivity index (χ2n) is 7.37. The van der Waals surface area contributed by atoms with E-state index in [-0.39, 0.29) is 11.5 Å². The number of benzene rings is 1. The van der Waals surface area contributed by atoms with Gasteiger partial charge in [0.05, 0.1) is 18.8 Å². The Kier molecular flexibility index (Phi) is 4.99. The quantitative estimate of drug-likeness (QED) is 0.881. The normalized spacial score (nSPS) is 21.4. The van der Waals surface area contributed by atoms with Crippen LogP contribution in [-0.4, -0.2) is 41.6 Å². The second kappa shape index (κ2) is 7.56. The molecular weight excluding hydrogens is 342 g/mol. The van der Waals surface area contributed by atoms with Gasteiger partial charge in [0.2, 0.25) is 5.91 Å². The monoisotopic (exact) mass is 367 g/mol. The van der Waals surface area contributed by atoms with Gasteiger partial charge in [0.15, 0.2) is 0 Å². The molecule has 2 atom stereocenters. The van der Waals surface area contributed by atoms with E-state index in [0.29, 0.717) is 36.4 Å². The molecular formula is C21H25N3O3. The molecule has 27 heavy (non-hydrogen) atoms. The van der Waals surface area contributed by atoms with Gasteiger partial charge in [0, 0.05) is 37.3 Å². The van der Waals surface area contributed by atoms with Crippen molar-refractivity contribution < 1.29 is 9.53 Å². The summed E-state index contributed by atoms with van der Waals surface area (Å²) < 4.78 is 7.49. The van der Waals surface area contributed by atoms with Gasteiger partial charge < -0.3 is 14.6 Å². The molecule has 0 radical (unpaired) electrons. The van der Waals surface area contributed by atoms with E-state index in [9.17, 15) is 9.59 Å². The van der Waals surface area contributed by atoms with Gasteiger partial charge in [0.1, 0.15) is 5.75 Å². The van der Waals surface area contributed by atoms with E-state index >= 15 is 0 Å². The van der Waals surface area contributed by atoms with Crippen LogP contribution in [0.3, 0.4) is 0 Å². The number of hydrogen-bond acceptors (Lipinski definition) is 4. The summed E-state index contributed by atoms with van der Waals surface area (Å²) in [6, 6.07) is 13.0. The van der Waals surface area contributed by atoms with Crippen LogP contribution in [0, 0.1) is 5.92 Å². The number of pyridine rings is 1. The van der Waals surface area contributed by atoms with Gasteiger partial charge >= 0.3 is 0 Å². The van der Waals surface area contributed by atoms with Crippen molar-refractivity contribution in [2.75, 3.05) is 31.6 Å². The molecule has 2 aromatic rings. The lowest BCUT2D eigenvalue weighted by Gasteiger charge is -2.42. The Morgan fingerprint density at radius 1 is 1.15 bits per heavy atom. The Morgan fingerprint density at radius 2 is 2.00 bits per heavy atom. The number of para-hydroxylation sites is 2. The standard InChI is InChI=1S/C21H25N3O3/c1-2-27-19-8-4-3-6-17(19)22-20(25)14-23-11-15-10-16(13-23)18-7-5-9-21(26)24(18)12-15/h3-9,15-16H,2,10-14H2,1H3,(H,22,25). The SMILES string of the molecule is CCOc1ccccc1NC(=O)CN1CC2CC(C1)c1cccc(=O)n1C2. The Balaban J connectivity index is 1.43. The van der Waals surface area contributed by atoms with Crippen LogP contribution in [0.2, 0.25) is 0 Å². The summed E-state index contributed by atoms with van der Waals surface area (Å²) in [5.41, 5.74) is 1.89. The Morgan fingerprint density at radius 3 is 2.85 bits per heavy atom. The molecule has 2 unspecified atom stereocenters. The first-order valence-electron chi connectivity index (χ1n) is 9.58. The molecule has 0 aliphatic carbocycles. The number of fused-ring (bicyclic) bond motifs is 4. The van der Waals surface area contributed by atoms with E-state index < -0.39 is 0 Å². The number of nitrogens with zero attached hydrogens (tertiary/aromatic N) is 2. The highest BCUT2D eigenvalue weighted by atomic mass is 16.5. The van der Waals surface area contributed by atoms with Gasteiger partial charge in [-0.2, -0.15) is 0 Å². The smallest absolute Gasteiger partial charge is 0.250 e. The molecule has 2 bridgehead atoms. The van der Waals surface area contributed by atoms with Crippen molar-refractivity contribution in [1.29, 1.82) is 0 Å². The first kappa shape index (κ1) is 17.8. The fraction of sp³-hybridized carbons (Fsp3) is 0.429. The van der Waals surface area contributed by atoms with Crippen LogP contribution in [0.25, 0.3) is 0 Å². The summed E-state index contributed by atoms with van der Waals surface area (Å²) in [5, 5.41) is 2.98. The number of aromatic nitrogens is 1. The number of rotatable bonds is 5. The number of likely N-dealkylation sites (tertiary alicyclic amines) is 1. The lowest BCUT2D eigenvalue weighted by Crippen LogP contribution is -2.49. The minimum absolute atomic E-state index is 0.0346. The summed E-state index contributed by atoms with van der Waals surface area (Å²) >= 11 is 0. The van der Waals surface area contributed by atoms with E-state index in [1.54, 1.807) is 6.07 Å². The zero-order valence-electron chi connectivity index (χ0n) is 15.6. The Bertz CT molecular complexity index is 892. The average molecular weight is 367 g/mol.